The second-order valence-corrected chi connectivity index (χ2v) is 9.22. The van der Waals surface area contributed by atoms with Gasteiger partial charge in [-0.3, -0.25) is 4.79 Å². The molecule has 1 aliphatic heterocycles. The van der Waals surface area contributed by atoms with E-state index < -0.39 is 0 Å². The van der Waals surface area contributed by atoms with Crippen LogP contribution in [0.2, 0.25) is 20.1 Å². The molecule has 1 unspecified atom stereocenters. The Kier molecular flexibility index (Phi) is 6.98. The monoisotopic (exact) mass is 492 g/mol. The van der Waals surface area contributed by atoms with Crippen LogP contribution >= 0.6 is 46.4 Å². The van der Waals surface area contributed by atoms with E-state index in [9.17, 15) is 4.79 Å². The molecule has 0 aliphatic carbocycles. The lowest BCUT2D eigenvalue weighted by Gasteiger charge is -2.43. The van der Waals surface area contributed by atoms with Crippen LogP contribution in [0.5, 0.6) is 0 Å². The Labute approximate surface area is 202 Å². The molecule has 3 nitrogen and oxygen atoms in total. The second kappa shape index (κ2) is 9.70. The summed E-state index contributed by atoms with van der Waals surface area (Å²) in [6.07, 6.45) is 0.339. The molecule has 1 amide bonds. The van der Waals surface area contributed by atoms with Gasteiger partial charge in [0, 0.05) is 34.7 Å². The van der Waals surface area contributed by atoms with Crippen molar-refractivity contribution >= 4 is 58.0 Å². The zero-order valence-corrected chi connectivity index (χ0v) is 19.6. The molecule has 1 aliphatic rings. The van der Waals surface area contributed by atoms with Crippen LogP contribution in [0, 0.1) is 0 Å². The largest absolute Gasteiger partial charge is 0.360 e. The Balaban J connectivity index is 1.59. The third-order valence-electron chi connectivity index (χ3n) is 5.48. The predicted octanol–water partition coefficient (Wildman–Crippen LogP) is 6.93. The molecular weight excluding hydrogens is 474 g/mol. The standard InChI is InChI=1S/C24H20Cl4N2O/c25-18-5-1-16(2-6-18)13-24(31)29-11-12-30(22-10-9-20(27)14-21(22)28)23(15-29)17-3-7-19(26)8-4-17/h1-10,14,23H,11-13,15H2. The summed E-state index contributed by atoms with van der Waals surface area (Å²) in [4.78, 5) is 17.2. The highest BCUT2D eigenvalue weighted by Gasteiger charge is 2.31. The Hall–Kier alpha value is -1.91. The fourth-order valence-electron chi connectivity index (χ4n) is 3.87. The van der Waals surface area contributed by atoms with E-state index in [0.29, 0.717) is 46.1 Å². The summed E-state index contributed by atoms with van der Waals surface area (Å²) < 4.78 is 0. The number of benzene rings is 3. The molecule has 7 heteroatoms. The van der Waals surface area contributed by atoms with E-state index in [1.807, 2.05) is 53.4 Å². The van der Waals surface area contributed by atoms with Gasteiger partial charge >= 0.3 is 0 Å². The van der Waals surface area contributed by atoms with E-state index in [1.54, 1.807) is 18.2 Å². The molecule has 1 fully saturated rings. The number of amides is 1. The molecule has 0 bridgehead atoms. The SMILES string of the molecule is O=C(Cc1ccc(Cl)cc1)N1CCN(c2ccc(Cl)cc2Cl)C(c2ccc(Cl)cc2)C1. The number of hydrogen-bond acceptors (Lipinski definition) is 2. The minimum Gasteiger partial charge on any atom is -0.360 e. The molecule has 1 saturated heterocycles. The first-order valence-electron chi connectivity index (χ1n) is 9.90. The number of anilines is 1. The molecule has 31 heavy (non-hydrogen) atoms. The van der Waals surface area contributed by atoms with Crippen LogP contribution in [0.3, 0.4) is 0 Å². The molecule has 0 N–H and O–H groups in total. The number of nitrogens with zero attached hydrogens (tertiary/aromatic N) is 2. The van der Waals surface area contributed by atoms with Crippen LogP contribution in [-0.2, 0) is 11.2 Å². The van der Waals surface area contributed by atoms with Crippen molar-refractivity contribution < 1.29 is 4.79 Å². The van der Waals surface area contributed by atoms with Gasteiger partial charge in [-0.1, -0.05) is 70.7 Å². The third-order valence-corrected chi connectivity index (χ3v) is 6.52. The fourth-order valence-corrected chi connectivity index (χ4v) is 4.64. The van der Waals surface area contributed by atoms with Gasteiger partial charge in [0.05, 0.1) is 23.2 Å². The van der Waals surface area contributed by atoms with E-state index in [4.69, 9.17) is 46.4 Å². The first-order chi connectivity index (χ1) is 14.9. The number of carbonyl (C=O) groups is 1. The van der Waals surface area contributed by atoms with Crippen molar-refractivity contribution in [2.75, 3.05) is 24.5 Å². The topological polar surface area (TPSA) is 23.6 Å². The highest BCUT2D eigenvalue weighted by molar-refractivity contribution is 6.36. The van der Waals surface area contributed by atoms with E-state index in [0.717, 1.165) is 16.8 Å². The fraction of sp³-hybridized carbons (Fsp3) is 0.208. The highest BCUT2D eigenvalue weighted by Crippen LogP contribution is 2.37. The predicted molar refractivity (Wildman–Crippen MR) is 130 cm³/mol. The van der Waals surface area contributed by atoms with Crippen molar-refractivity contribution in [3.8, 4) is 0 Å². The van der Waals surface area contributed by atoms with Crippen molar-refractivity contribution in [1.82, 2.24) is 4.90 Å². The summed E-state index contributed by atoms with van der Waals surface area (Å²) in [5.74, 6) is 0.0862. The van der Waals surface area contributed by atoms with Gasteiger partial charge in [-0.05, 0) is 53.6 Å². The molecule has 1 heterocycles. The van der Waals surface area contributed by atoms with E-state index in [2.05, 4.69) is 4.90 Å². The van der Waals surface area contributed by atoms with Crippen molar-refractivity contribution in [2.45, 2.75) is 12.5 Å². The summed E-state index contributed by atoms with van der Waals surface area (Å²) in [7, 11) is 0. The summed E-state index contributed by atoms with van der Waals surface area (Å²) in [6.45, 7) is 1.81. The average Bonchev–Trinajstić information content (AvgIpc) is 2.76. The van der Waals surface area contributed by atoms with E-state index in [-0.39, 0.29) is 11.9 Å². The van der Waals surface area contributed by atoms with Gasteiger partial charge in [0.15, 0.2) is 0 Å². The smallest absolute Gasteiger partial charge is 0.227 e. The van der Waals surface area contributed by atoms with Crippen LogP contribution in [0.4, 0.5) is 5.69 Å². The number of hydrogen-bond donors (Lipinski definition) is 0. The number of carbonyl (C=O) groups excluding carboxylic acids is 1. The first kappa shape index (κ1) is 22.3. The Bertz CT molecular complexity index is 1070. The maximum absolute atomic E-state index is 13.0. The van der Waals surface area contributed by atoms with Gasteiger partial charge in [0.25, 0.3) is 0 Å². The summed E-state index contributed by atoms with van der Waals surface area (Å²) in [6, 6.07) is 20.6. The lowest BCUT2D eigenvalue weighted by Crippen LogP contribution is -2.51. The van der Waals surface area contributed by atoms with Crippen molar-refractivity contribution in [3.63, 3.8) is 0 Å². The number of halogens is 4. The Morgan fingerprint density at radius 1 is 0.806 bits per heavy atom. The zero-order valence-electron chi connectivity index (χ0n) is 16.6. The molecular formula is C24H20Cl4N2O. The number of piperazine rings is 1. The zero-order chi connectivity index (χ0) is 22.0. The second-order valence-electron chi connectivity index (χ2n) is 7.50. The summed E-state index contributed by atoms with van der Waals surface area (Å²) >= 11 is 24.7. The van der Waals surface area contributed by atoms with E-state index in [1.165, 1.54) is 0 Å². The van der Waals surface area contributed by atoms with Crippen molar-refractivity contribution in [2.24, 2.45) is 0 Å². The third kappa shape index (κ3) is 5.30. The van der Waals surface area contributed by atoms with Gasteiger partial charge in [-0.15, -0.1) is 0 Å². The van der Waals surface area contributed by atoms with Crippen LogP contribution < -0.4 is 4.90 Å². The minimum absolute atomic E-state index is 0.0566. The van der Waals surface area contributed by atoms with Gasteiger partial charge in [-0.25, -0.2) is 0 Å². The maximum Gasteiger partial charge on any atom is 0.227 e. The quantitative estimate of drug-likeness (QED) is 0.393. The molecule has 1 atom stereocenters. The molecule has 0 radical (unpaired) electrons. The minimum atomic E-state index is -0.0566. The maximum atomic E-state index is 13.0. The van der Waals surface area contributed by atoms with Crippen LogP contribution in [0.1, 0.15) is 17.2 Å². The molecule has 0 saturated carbocycles. The first-order valence-corrected chi connectivity index (χ1v) is 11.4. The van der Waals surface area contributed by atoms with Gasteiger partial charge in [0.1, 0.15) is 0 Å². The van der Waals surface area contributed by atoms with E-state index >= 15 is 0 Å². The lowest BCUT2D eigenvalue weighted by atomic mass is 10.0. The lowest BCUT2D eigenvalue weighted by molar-refractivity contribution is -0.131. The average molecular weight is 494 g/mol. The van der Waals surface area contributed by atoms with Crippen LogP contribution in [-0.4, -0.2) is 30.4 Å². The normalized spacial score (nSPS) is 16.5. The van der Waals surface area contributed by atoms with Crippen LogP contribution in [0.15, 0.2) is 66.7 Å². The Morgan fingerprint density at radius 2 is 1.42 bits per heavy atom. The van der Waals surface area contributed by atoms with Crippen LogP contribution in [0.25, 0.3) is 0 Å². The van der Waals surface area contributed by atoms with Gasteiger partial charge in [-0.2, -0.15) is 0 Å². The molecule has 3 aromatic rings. The number of rotatable bonds is 4. The summed E-state index contributed by atoms with van der Waals surface area (Å²) in [5.41, 5.74) is 2.91. The molecule has 160 valence electrons. The Morgan fingerprint density at radius 3 is 2.06 bits per heavy atom. The van der Waals surface area contributed by atoms with Crippen molar-refractivity contribution in [3.05, 3.63) is 97.9 Å². The molecule has 4 rings (SSSR count). The highest BCUT2D eigenvalue weighted by atomic mass is 35.5. The van der Waals surface area contributed by atoms with Crippen molar-refractivity contribution in [1.29, 1.82) is 0 Å². The molecule has 0 aromatic heterocycles. The molecule has 0 spiro atoms. The molecule has 3 aromatic carbocycles. The van der Waals surface area contributed by atoms with Gasteiger partial charge in [0.2, 0.25) is 5.91 Å². The van der Waals surface area contributed by atoms with Gasteiger partial charge < -0.3 is 9.80 Å². The summed E-state index contributed by atoms with van der Waals surface area (Å²) in [5, 5.41) is 2.51.